The Bertz CT molecular complexity index is 1230. The summed E-state index contributed by atoms with van der Waals surface area (Å²) >= 11 is 0. The summed E-state index contributed by atoms with van der Waals surface area (Å²) in [6, 6.07) is 17.1. The number of piperidine rings is 1. The van der Waals surface area contributed by atoms with Crippen molar-refractivity contribution in [1.29, 1.82) is 0 Å². The summed E-state index contributed by atoms with van der Waals surface area (Å²) in [5.74, 6) is -0.312. The standard InChI is InChI=1S/C26H27N5O4/c1-18(22-9-2-4-13-27-22)29-23-12-11-20(16-24(23)31(34)35)26(33)28-17-19-7-6-8-21(15-19)30-14-5-3-10-25(30)32/h2,4,6-9,11-13,15-16,18,29H,3,5,10,14,17H2,1H3,(H,28,33). The first-order valence-electron chi connectivity index (χ1n) is 11.6. The molecule has 1 atom stereocenters. The van der Waals surface area contributed by atoms with E-state index in [2.05, 4.69) is 15.6 Å². The van der Waals surface area contributed by atoms with Crippen LogP contribution < -0.4 is 15.5 Å². The Morgan fingerprint density at radius 3 is 2.74 bits per heavy atom. The molecule has 0 radical (unpaired) electrons. The largest absolute Gasteiger partial charge is 0.371 e. The zero-order valence-electron chi connectivity index (χ0n) is 19.4. The van der Waals surface area contributed by atoms with Gasteiger partial charge in [0.2, 0.25) is 5.91 Å². The Kier molecular flexibility index (Phi) is 7.35. The number of rotatable bonds is 8. The molecule has 35 heavy (non-hydrogen) atoms. The number of pyridine rings is 1. The molecule has 1 saturated heterocycles. The van der Waals surface area contributed by atoms with E-state index in [0.717, 1.165) is 29.8 Å². The second-order valence-corrected chi connectivity index (χ2v) is 8.46. The van der Waals surface area contributed by atoms with Crippen molar-refractivity contribution in [3.8, 4) is 0 Å². The van der Waals surface area contributed by atoms with Crippen LogP contribution in [0.3, 0.4) is 0 Å². The number of amides is 2. The van der Waals surface area contributed by atoms with Crippen LogP contribution in [0.15, 0.2) is 66.9 Å². The zero-order valence-corrected chi connectivity index (χ0v) is 19.4. The minimum atomic E-state index is -0.511. The summed E-state index contributed by atoms with van der Waals surface area (Å²) in [6.07, 6.45) is 4.09. The molecule has 180 valence electrons. The third kappa shape index (κ3) is 5.81. The molecule has 4 rings (SSSR count). The van der Waals surface area contributed by atoms with Crippen molar-refractivity contribution in [2.24, 2.45) is 0 Å². The van der Waals surface area contributed by atoms with Gasteiger partial charge in [-0.3, -0.25) is 24.7 Å². The third-order valence-corrected chi connectivity index (χ3v) is 5.96. The van der Waals surface area contributed by atoms with Crippen LogP contribution in [0.1, 0.15) is 53.8 Å². The molecule has 1 aliphatic heterocycles. The highest BCUT2D eigenvalue weighted by atomic mass is 16.6. The van der Waals surface area contributed by atoms with Gasteiger partial charge in [-0.05, 0) is 61.7 Å². The maximum absolute atomic E-state index is 12.8. The van der Waals surface area contributed by atoms with E-state index in [0.29, 0.717) is 18.7 Å². The van der Waals surface area contributed by atoms with E-state index in [1.54, 1.807) is 23.2 Å². The van der Waals surface area contributed by atoms with Crippen molar-refractivity contribution < 1.29 is 14.5 Å². The monoisotopic (exact) mass is 473 g/mol. The fraction of sp³-hybridized carbons (Fsp3) is 0.269. The van der Waals surface area contributed by atoms with Crippen molar-refractivity contribution in [3.05, 3.63) is 93.8 Å². The fourth-order valence-electron chi connectivity index (χ4n) is 4.08. The van der Waals surface area contributed by atoms with Gasteiger partial charge >= 0.3 is 0 Å². The third-order valence-electron chi connectivity index (χ3n) is 5.96. The van der Waals surface area contributed by atoms with E-state index in [-0.39, 0.29) is 29.7 Å². The number of hydrogen-bond acceptors (Lipinski definition) is 6. The van der Waals surface area contributed by atoms with Crippen LogP contribution in [-0.2, 0) is 11.3 Å². The van der Waals surface area contributed by atoms with E-state index in [1.165, 1.54) is 12.1 Å². The van der Waals surface area contributed by atoms with Gasteiger partial charge in [0.05, 0.1) is 16.7 Å². The lowest BCUT2D eigenvalue weighted by Crippen LogP contribution is -2.35. The van der Waals surface area contributed by atoms with Crippen molar-refractivity contribution in [2.45, 2.75) is 38.8 Å². The van der Waals surface area contributed by atoms with Crippen molar-refractivity contribution in [2.75, 3.05) is 16.8 Å². The molecule has 2 amide bonds. The normalized spacial score (nSPS) is 14.3. The summed E-state index contributed by atoms with van der Waals surface area (Å²) < 4.78 is 0. The molecule has 1 aliphatic rings. The van der Waals surface area contributed by atoms with Crippen LogP contribution in [0.2, 0.25) is 0 Å². The number of nitrogens with zero attached hydrogens (tertiary/aromatic N) is 3. The van der Waals surface area contributed by atoms with Gasteiger partial charge in [-0.25, -0.2) is 0 Å². The number of anilines is 2. The van der Waals surface area contributed by atoms with Crippen molar-refractivity contribution in [1.82, 2.24) is 10.3 Å². The fourth-order valence-corrected chi connectivity index (χ4v) is 4.08. The van der Waals surface area contributed by atoms with E-state index >= 15 is 0 Å². The maximum atomic E-state index is 12.8. The molecular formula is C26H27N5O4. The number of nitrogens with one attached hydrogen (secondary N) is 2. The molecule has 0 aliphatic carbocycles. The number of nitro groups is 1. The highest BCUT2D eigenvalue weighted by Crippen LogP contribution is 2.29. The molecular weight excluding hydrogens is 446 g/mol. The predicted octanol–water partition coefficient (Wildman–Crippen LogP) is 4.61. The molecule has 2 heterocycles. The Labute approximate surface area is 203 Å². The van der Waals surface area contributed by atoms with Crippen LogP contribution in [0.5, 0.6) is 0 Å². The van der Waals surface area contributed by atoms with Crippen LogP contribution in [0.4, 0.5) is 17.1 Å². The highest BCUT2D eigenvalue weighted by molar-refractivity contribution is 5.96. The van der Waals surface area contributed by atoms with Crippen molar-refractivity contribution in [3.63, 3.8) is 0 Å². The molecule has 0 spiro atoms. The first-order chi connectivity index (χ1) is 16.9. The molecule has 3 aromatic rings. The Morgan fingerprint density at radius 2 is 2.00 bits per heavy atom. The number of aromatic nitrogens is 1. The molecule has 1 unspecified atom stereocenters. The first kappa shape index (κ1) is 23.9. The average molecular weight is 474 g/mol. The Morgan fingerprint density at radius 1 is 1.14 bits per heavy atom. The number of hydrogen-bond donors (Lipinski definition) is 2. The number of carbonyl (C=O) groups excluding carboxylic acids is 2. The second kappa shape index (κ2) is 10.8. The average Bonchev–Trinajstić information content (AvgIpc) is 2.88. The second-order valence-electron chi connectivity index (χ2n) is 8.46. The topological polar surface area (TPSA) is 117 Å². The van der Waals surface area contributed by atoms with Crippen LogP contribution in [0.25, 0.3) is 0 Å². The highest BCUT2D eigenvalue weighted by Gasteiger charge is 2.21. The minimum absolute atomic E-state index is 0.107. The quantitative estimate of drug-likeness (QED) is 0.364. The summed E-state index contributed by atoms with van der Waals surface area (Å²) in [4.78, 5) is 42.2. The van der Waals surface area contributed by atoms with E-state index in [1.807, 2.05) is 43.3 Å². The van der Waals surface area contributed by atoms with Gasteiger partial charge in [-0.1, -0.05) is 18.2 Å². The van der Waals surface area contributed by atoms with Crippen LogP contribution in [0, 0.1) is 10.1 Å². The predicted molar refractivity (Wildman–Crippen MR) is 133 cm³/mol. The SMILES string of the molecule is CC(Nc1ccc(C(=O)NCc2cccc(N3CCCCC3=O)c2)cc1[N+](=O)[O-])c1ccccn1. The summed E-state index contributed by atoms with van der Waals surface area (Å²) in [7, 11) is 0. The molecule has 2 aromatic carbocycles. The molecule has 0 bridgehead atoms. The van der Waals surface area contributed by atoms with E-state index in [9.17, 15) is 19.7 Å². The lowest BCUT2D eigenvalue weighted by Gasteiger charge is -2.27. The zero-order chi connectivity index (χ0) is 24.8. The summed E-state index contributed by atoms with van der Waals surface area (Å²) in [5, 5.41) is 17.6. The minimum Gasteiger partial charge on any atom is -0.371 e. The van der Waals surface area contributed by atoms with Gasteiger partial charge < -0.3 is 15.5 Å². The van der Waals surface area contributed by atoms with Crippen LogP contribution in [-0.4, -0.2) is 28.3 Å². The van der Waals surface area contributed by atoms with E-state index < -0.39 is 10.8 Å². The molecule has 1 fully saturated rings. The first-order valence-corrected chi connectivity index (χ1v) is 11.6. The number of benzene rings is 2. The maximum Gasteiger partial charge on any atom is 0.293 e. The lowest BCUT2D eigenvalue weighted by molar-refractivity contribution is -0.384. The molecule has 1 aromatic heterocycles. The van der Waals surface area contributed by atoms with E-state index in [4.69, 9.17) is 0 Å². The van der Waals surface area contributed by atoms with Gasteiger partial charge in [-0.15, -0.1) is 0 Å². The van der Waals surface area contributed by atoms with Gasteiger partial charge in [0.15, 0.2) is 0 Å². The van der Waals surface area contributed by atoms with Crippen LogP contribution >= 0.6 is 0 Å². The van der Waals surface area contributed by atoms with Crippen molar-refractivity contribution >= 4 is 28.9 Å². The molecule has 0 saturated carbocycles. The molecule has 9 nitrogen and oxygen atoms in total. The summed E-state index contributed by atoms with van der Waals surface area (Å²) in [6.45, 7) is 2.79. The number of carbonyl (C=O) groups is 2. The van der Waals surface area contributed by atoms with Gasteiger partial charge in [0, 0.05) is 43.0 Å². The lowest BCUT2D eigenvalue weighted by atomic mass is 10.1. The summed E-state index contributed by atoms with van der Waals surface area (Å²) in [5.41, 5.74) is 2.71. The number of nitro benzene ring substituents is 1. The van der Waals surface area contributed by atoms with Gasteiger partial charge in [0.1, 0.15) is 5.69 Å². The Hall–Kier alpha value is -4.27. The smallest absolute Gasteiger partial charge is 0.293 e. The molecule has 9 heteroatoms. The van der Waals surface area contributed by atoms with Gasteiger partial charge in [0.25, 0.3) is 11.6 Å². The van der Waals surface area contributed by atoms with Gasteiger partial charge in [-0.2, -0.15) is 0 Å². The Balaban J connectivity index is 1.44. The molecule has 2 N–H and O–H groups in total.